The molecule has 46 heavy (non-hydrogen) atoms. The summed E-state index contributed by atoms with van der Waals surface area (Å²) in [7, 11) is 1.46. The minimum atomic E-state index is -4.91. The monoisotopic (exact) mass is 649 g/mol. The van der Waals surface area contributed by atoms with E-state index in [1.165, 1.54) is 30.0 Å². The maximum Gasteiger partial charge on any atom is 0.573 e. The molecule has 0 unspecified atom stereocenters. The summed E-state index contributed by atoms with van der Waals surface area (Å²) in [6.45, 7) is 7.90. The van der Waals surface area contributed by atoms with Gasteiger partial charge in [-0.1, -0.05) is 24.3 Å². The number of amides is 3. The Morgan fingerprint density at radius 2 is 1.85 bits per heavy atom. The van der Waals surface area contributed by atoms with Crippen LogP contribution in [0.4, 0.5) is 28.6 Å². The Morgan fingerprint density at radius 3 is 2.52 bits per heavy atom. The van der Waals surface area contributed by atoms with Crippen LogP contribution in [0.15, 0.2) is 48.5 Å². The number of urea groups is 1. The molecule has 0 saturated carbocycles. The van der Waals surface area contributed by atoms with Gasteiger partial charge in [-0.25, -0.2) is 14.3 Å². The number of hydrogen-bond donors (Lipinski definition) is 2. The highest BCUT2D eigenvalue weighted by Crippen LogP contribution is 2.30. The minimum Gasteiger partial charge on any atom is -0.474 e. The van der Waals surface area contributed by atoms with Gasteiger partial charge >= 0.3 is 18.5 Å². The Hall–Kier alpha value is -4.50. The first-order valence-electron chi connectivity index (χ1n) is 14.5. The molecule has 15 heteroatoms. The highest BCUT2D eigenvalue weighted by atomic mass is 19.4. The first-order chi connectivity index (χ1) is 21.7. The summed E-state index contributed by atoms with van der Waals surface area (Å²) in [5.74, 6) is 0.0189. The number of benzene rings is 2. The first kappa shape index (κ1) is 34.4. The second-order valence-corrected chi connectivity index (χ2v) is 11.5. The van der Waals surface area contributed by atoms with Gasteiger partial charge in [0.1, 0.15) is 23.8 Å². The van der Waals surface area contributed by atoms with Crippen LogP contribution in [0.5, 0.6) is 11.6 Å². The molecule has 12 nitrogen and oxygen atoms in total. The molecule has 2 N–H and O–H groups in total. The van der Waals surface area contributed by atoms with E-state index < -0.39 is 35.9 Å². The third-order valence-corrected chi connectivity index (χ3v) is 6.68. The number of anilines is 1. The molecule has 0 spiro atoms. The molecule has 4 rings (SSSR count). The fourth-order valence-electron chi connectivity index (χ4n) is 4.62. The lowest BCUT2D eigenvalue weighted by Crippen LogP contribution is -2.52. The fourth-order valence-corrected chi connectivity index (χ4v) is 4.62. The second kappa shape index (κ2) is 14.7. The number of rotatable bonds is 10. The first-order valence-corrected chi connectivity index (χ1v) is 14.5. The molecule has 1 fully saturated rings. The van der Waals surface area contributed by atoms with E-state index in [4.69, 9.17) is 18.9 Å². The SMILES string of the molecule is COCc1ccc(OC(F)(F)F)c(CNC(=O)Nc2c(C)c(OC[C@H]3COCCN3C(=O)OC(C)(C)C)nn2-c2ccccc2)c1. The maximum atomic E-state index is 13.1. The van der Waals surface area contributed by atoms with Gasteiger partial charge in [0.05, 0.1) is 37.1 Å². The molecule has 1 aliphatic heterocycles. The third-order valence-electron chi connectivity index (χ3n) is 6.68. The predicted molar refractivity (Wildman–Crippen MR) is 161 cm³/mol. The number of ether oxygens (including phenoxy) is 5. The molecule has 1 saturated heterocycles. The van der Waals surface area contributed by atoms with Crippen LogP contribution in [0.3, 0.4) is 0 Å². The Morgan fingerprint density at radius 1 is 1.11 bits per heavy atom. The minimum absolute atomic E-state index is 0.0390. The molecule has 250 valence electrons. The van der Waals surface area contributed by atoms with Crippen LogP contribution >= 0.6 is 0 Å². The molecular weight excluding hydrogens is 611 g/mol. The quantitative estimate of drug-likeness (QED) is 0.293. The highest BCUT2D eigenvalue weighted by molar-refractivity contribution is 5.89. The van der Waals surface area contributed by atoms with Crippen molar-refractivity contribution in [2.75, 3.05) is 38.8 Å². The fraction of sp³-hybridized carbons (Fsp3) is 0.452. The normalized spacial score (nSPS) is 15.3. The van der Waals surface area contributed by atoms with Gasteiger partial charge < -0.3 is 29.0 Å². The molecule has 3 aromatic rings. The molecule has 1 atom stereocenters. The van der Waals surface area contributed by atoms with E-state index in [-0.39, 0.29) is 43.6 Å². The molecular formula is C31H38F3N5O7. The number of alkyl halides is 3. The van der Waals surface area contributed by atoms with Crippen LogP contribution in [0.25, 0.3) is 5.69 Å². The van der Waals surface area contributed by atoms with Crippen LogP contribution in [-0.2, 0) is 27.4 Å². The summed E-state index contributed by atoms with van der Waals surface area (Å²) < 4.78 is 67.0. The summed E-state index contributed by atoms with van der Waals surface area (Å²) in [6.07, 6.45) is -5.39. The molecule has 1 aliphatic rings. The van der Waals surface area contributed by atoms with E-state index in [0.29, 0.717) is 30.0 Å². The van der Waals surface area contributed by atoms with Crippen molar-refractivity contribution in [3.05, 3.63) is 65.2 Å². The zero-order chi connectivity index (χ0) is 33.5. The molecule has 0 aliphatic carbocycles. The van der Waals surface area contributed by atoms with Crippen molar-refractivity contribution >= 4 is 17.9 Å². The Bertz CT molecular complexity index is 1490. The molecule has 0 bridgehead atoms. The molecule has 2 heterocycles. The smallest absolute Gasteiger partial charge is 0.474 e. The number of hydrogen-bond acceptors (Lipinski definition) is 8. The van der Waals surface area contributed by atoms with Crippen LogP contribution in [0, 0.1) is 6.92 Å². The number of nitrogens with zero attached hydrogens (tertiary/aromatic N) is 3. The van der Waals surface area contributed by atoms with E-state index in [9.17, 15) is 22.8 Å². The molecule has 0 radical (unpaired) electrons. The standard InChI is InChI=1S/C31H38F3N5O7/c1-20-26(36-28(40)35-16-22-15-21(17-42-5)11-12-25(22)45-31(32,33)34)39(23-9-7-6-8-10-23)37-27(20)44-19-24-18-43-14-13-38(24)29(41)46-30(2,3)4/h6-12,15,24H,13-14,16-19H2,1-5H3,(H2,35,36,40)/t24-/m1/s1. The van der Waals surface area contributed by atoms with E-state index in [0.717, 1.165) is 0 Å². The van der Waals surface area contributed by atoms with Gasteiger partial charge in [-0.15, -0.1) is 18.3 Å². The van der Waals surface area contributed by atoms with Crippen LogP contribution in [-0.4, -0.2) is 78.3 Å². The number of methoxy groups -OCH3 is 1. The number of carbonyl (C=O) groups excluding carboxylic acids is 2. The number of halogens is 3. The predicted octanol–water partition coefficient (Wildman–Crippen LogP) is 5.56. The Balaban J connectivity index is 1.52. The van der Waals surface area contributed by atoms with Gasteiger partial charge in [0.15, 0.2) is 0 Å². The highest BCUT2D eigenvalue weighted by Gasteiger charge is 2.33. The van der Waals surface area contributed by atoms with Crippen molar-refractivity contribution in [1.29, 1.82) is 0 Å². The summed E-state index contributed by atoms with van der Waals surface area (Å²) in [4.78, 5) is 27.5. The van der Waals surface area contributed by atoms with Crippen molar-refractivity contribution < 1.29 is 46.4 Å². The van der Waals surface area contributed by atoms with Gasteiger partial charge in [-0.2, -0.15) is 0 Å². The van der Waals surface area contributed by atoms with Crippen molar-refractivity contribution in [1.82, 2.24) is 20.0 Å². The van der Waals surface area contributed by atoms with Gasteiger partial charge in [-0.05, 0) is 57.5 Å². The second-order valence-electron chi connectivity index (χ2n) is 11.5. The van der Waals surface area contributed by atoms with E-state index in [2.05, 4.69) is 20.5 Å². The molecule has 1 aromatic heterocycles. The topological polar surface area (TPSA) is 125 Å². The van der Waals surface area contributed by atoms with Crippen molar-refractivity contribution in [3.63, 3.8) is 0 Å². The summed E-state index contributed by atoms with van der Waals surface area (Å²) >= 11 is 0. The van der Waals surface area contributed by atoms with Gasteiger partial charge in [0.25, 0.3) is 0 Å². The van der Waals surface area contributed by atoms with E-state index >= 15 is 0 Å². The number of aromatic nitrogens is 2. The van der Waals surface area contributed by atoms with Crippen LogP contribution < -0.4 is 20.1 Å². The van der Waals surface area contributed by atoms with Crippen molar-refractivity contribution in [2.45, 2.75) is 58.9 Å². The van der Waals surface area contributed by atoms with Gasteiger partial charge in [-0.3, -0.25) is 10.2 Å². The summed E-state index contributed by atoms with van der Waals surface area (Å²) in [5.41, 5.74) is 1.11. The largest absolute Gasteiger partial charge is 0.573 e. The average molecular weight is 650 g/mol. The van der Waals surface area contributed by atoms with E-state index in [1.54, 1.807) is 56.9 Å². The zero-order valence-electron chi connectivity index (χ0n) is 26.3. The van der Waals surface area contributed by atoms with Crippen LogP contribution in [0.1, 0.15) is 37.5 Å². The number of nitrogens with one attached hydrogen (secondary N) is 2. The number of morpholine rings is 1. The Labute approximate surface area is 264 Å². The average Bonchev–Trinajstić information content (AvgIpc) is 3.29. The molecule has 2 aromatic carbocycles. The third kappa shape index (κ3) is 9.50. The number of carbonyl (C=O) groups is 2. The van der Waals surface area contributed by atoms with E-state index in [1.807, 2.05) is 6.07 Å². The lowest BCUT2D eigenvalue weighted by molar-refractivity contribution is -0.274. The molecule has 3 amide bonds. The van der Waals surface area contributed by atoms with Crippen molar-refractivity contribution in [2.24, 2.45) is 0 Å². The zero-order valence-corrected chi connectivity index (χ0v) is 26.3. The lowest BCUT2D eigenvalue weighted by atomic mass is 10.1. The number of para-hydroxylation sites is 1. The lowest BCUT2D eigenvalue weighted by Gasteiger charge is -2.36. The van der Waals surface area contributed by atoms with Crippen LogP contribution in [0.2, 0.25) is 0 Å². The Kier molecular flexibility index (Phi) is 11.0. The summed E-state index contributed by atoms with van der Waals surface area (Å²) in [5, 5.41) is 9.89. The van der Waals surface area contributed by atoms with Gasteiger partial charge in [0, 0.05) is 25.8 Å². The van der Waals surface area contributed by atoms with Crippen molar-refractivity contribution in [3.8, 4) is 17.3 Å². The van der Waals surface area contributed by atoms with Gasteiger partial charge in [0.2, 0.25) is 5.88 Å². The maximum absolute atomic E-state index is 13.1. The summed E-state index contributed by atoms with van der Waals surface area (Å²) in [6, 6.07) is 11.9.